The molecule has 14 heteroatoms. The van der Waals surface area contributed by atoms with Crippen LogP contribution in [0.5, 0.6) is 0 Å². The summed E-state index contributed by atoms with van der Waals surface area (Å²) in [6.45, 7) is 16.5. The molecule has 0 radical (unpaired) electrons. The lowest BCUT2D eigenvalue weighted by molar-refractivity contribution is -0.573. The maximum Gasteiger partial charge on any atom is 0.342 e. The maximum absolute atomic E-state index is 14.5. The molecule has 0 saturated heterocycles. The summed E-state index contributed by atoms with van der Waals surface area (Å²) >= 11 is 0. The van der Waals surface area contributed by atoms with Gasteiger partial charge in [-0.3, -0.25) is 9.59 Å². The number of carboxylic acid groups (broad SMARTS) is 2. The van der Waals surface area contributed by atoms with Gasteiger partial charge in [-0.15, -0.1) is 0 Å². The van der Waals surface area contributed by atoms with Gasteiger partial charge in [-0.25, -0.2) is 0 Å². The lowest BCUT2D eigenvalue weighted by Crippen LogP contribution is -2.83. The van der Waals surface area contributed by atoms with Crippen LogP contribution in [0, 0.1) is 5.41 Å². The zero-order valence-electron chi connectivity index (χ0n) is 29.9. The molecule has 0 aromatic rings. The predicted octanol–water partition coefficient (Wildman–Crippen LogP) is 5.16. The highest BCUT2D eigenvalue weighted by molar-refractivity contribution is 5.78. The first-order valence-corrected chi connectivity index (χ1v) is 16.8. The summed E-state index contributed by atoms with van der Waals surface area (Å²) in [5.41, 5.74) is -2.65. The molecular weight excluding hydrogens is 608 g/mol. The Labute approximate surface area is 275 Å². The maximum atomic E-state index is 14.5. The number of carbonyl (C=O) groups is 2. The molecule has 0 aromatic heterocycles. The van der Waals surface area contributed by atoms with E-state index < -0.39 is 53.7 Å². The molecule has 0 spiro atoms. The Morgan fingerprint density at radius 1 is 0.478 bits per heavy atom. The van der Waals surface area contributed by atoms with Crippen molar-refractivity contribution in [3.05, 3.63) is 0 Å². The molecule has 0 rings (SSSR count). The summed E-state index contributed by atoms with van der Waals surface area (Å²) in [6.07, 6.45) is -0.160. The fraction of sp³-hybridized carbons (Fsp3) is 0.938. The van der Waals surface area contributed by atoms with Gasteiger partial charge in [0.05, 0.1) is 13.2 Å². The van der Waals surface area contributed by atoms with Gasteiger partial charge >= 0.3 is 23.9 Å². The van der Waals surface area contributed by atoms with Crippen molar-refractivity contribution in [2.75, 3.05) is 66.1 Å². The third-order valence-electron chi connectivity index (χ3n) is 6.96. The molecule has 14 nitrogen and oxygen atoms in total. The molecule has 0 unspecified atom stereocenters. The monoisotopic (exact) mass is 670 g/mol. The standard InChI is InChI=1S/C32H62O14/c1-11-24-45-31(41-17-7,42-18-8)29(37-13-3,38-14-4)28(27(35)36,23-21-22-26(33)34)30(39-15-5,40-16-6)32(43-19-9,44-20-10)46-25-12-2/h11-25H2,1-10H3,(H,33,34)(H,35,36). The molecule has 0 heterocycles. The van der Waals surface area contributed by atoms with E-state index >= 15 is 0 Å². The van der Waals surface area contributed by atoms with Gasteiger partial charge in [-0.05, 0) is 81.1 Å². The van der Waals surface area contributed by atoms with Crippen LogP contribution >= 0.6 is 0 Å². The molecule has 0 aliphatic heterocycles. The number of hydrogen-bond acceptors (Lipinski definition) is 12. The van der Waals surface area contributed by atoms with E-state index in [0.29, 0.717) is 12.8 Å². The summed E-state index contributed by atoms with van der Waals surface area (Å²) in [5.74, 6) is -12.6. The number of rotatable bonds is 31. The normalized spacial score (nSPS) is 13.3. The first kappa shape index (κ1) is 44.5. The second-order valence-corrected chi connectivity index (χ2v) is 9.96. The Hall–Kier alpha value is -1.46. The van der Waals surface area contributed by atoms with Crippen molar-refractivity contribution in [3.8, 4) is 0 Å². The molecule has 0 atom stereocenters. The van der Waals surface area contributed by atoms with Gasteiger partial charge in [0.1, 0.15) is 0 Å². The Balaban J connectivity index is 9.12. The molecule has 0 aliphatic rings. The van der Waals surface area contributed by atoms with E-state index in [1.165, 1.54) is 0 Å². The molecule has 0 amide bonds. The highest BCUT2D eigenvalue weighted by Gasteiger charge is 2.86. The minimum Gasteiger partial charge on any atom is -0.481 e. The fourth-order valence-corrected chi connectivity index (χ4v) is 5.76. The average molecular weight is 671 g/mol. The van der Waals surface area contributed by atoms with Crippen LogP contribution in [0.3, 0.4) is 0 Å². The molecule has 2 N–H and O–H groups in total. The van der Waals surface area contributed by atoms with Crippen LogP contribution in [-0.2, 0) is 57.0 Å². The molecule has 0 saturated carbocycles. The molecule has 46 heavy (non-hydrogen) atoms. The minimum atomic E-state index is -2.65. The summed E-state index contributed by atoms with van der Waals surface area (Å²) in [4.78, 5) is 26.5. The quantitative estimate of drug-likeness (QED) is 0.0929. The van der Waals surface area contributed by atoms with Crippen molar-refractivity contribution in [1.82, 2.24) is 0 Å². The summed E-state index contributed by atoms with van der Waals surface area (Å²) in [6, 6.07) is 0. The van der Waals surface area contributed by atoms with Gasteiger partial charge < -0.3 is 57.6 Å². The zero-order chi connectivity index (χ0) is 35.3. The fourth-order valence-electron chi connectivity index (χ4n) is 5.76. The Morgan fingerprint density at radius 3 is 1.00 bits per heavy atom. The molecular formula is C32H62O14. The first-order chi connectivity index (χ1) is 22.0. The van der Waals surface area contributed by atoms with Crippen LogP contribution < -0.4 is 0 Å². The van der Waals surface area contributed by atoms with Gasteiger partial charge in [0.15, 0.2) is 5.41 Å². The number of aliphatic carboxylic acids is 2. The number of carboxylic acids is 2. The van der Waals surface area contributed by atoms with Crippen LogP contribution in [0.2, 0.25) is 0 Å². The van der Waals surface area contributed by atoms with Gasteiger partial charge in [0, 0.05) is 59.3 Å². The lowest BCUT2D eigenvalue weighted by atomic mass is 9.65. The van der Waals surface area contributed by atoms with Gasteiger partial charge in [0.25, 0.3) is 11.6 Å². The first-order valence-electron chi connectivity index (χ1n) is 16.8. The number of hydrogen-bond donors (Lipinski definition) is 2. The van der Waals surface area contributed by atoms with E-state index in [-0.39, 0.29) is 72.5 Å². The van der Waals surface area contributed by atoms with Crippen molar-refractivity contribution in [1.29, 1.82) is 0 Å². The Bertz CT molecular complexity index is 764. The highest BCUT2D eigenvalue weighted by atomic mass is 16.9. The van der Waals surface area contributed by atoms with Crippen molar-refractivity contribution in [2.45, 2.75) is 125 Å². The van der Waals surface area contributed by atoms with Gasteiger partial charge in [-0.2, -0.15) is 0 Å². The third kappa shape index (κ3) is 9.16. The van der Waals surface area contributed by atoms with Crippen LogP contribution in [0.25, 0.3) is 0 Å². The largest absolute Gasteiger partial charge is 0.481 e. The third-order valence-corrected chi connectivity index (χ3v) is 6.96. The SMILES string of the molecule is CCCOC(OCC)(OCC)C(OCC)(OCC)C(CCCC(=O)O)(C(=O)O)C(OCC)(OCC)C(OCC)(OCC)OCCC. The van der Waals surface area contributed by atoms with E-state index in [2.05, 4.69) is 0 Å². The summed E-state index contributed by atoms with van der Waals surface area (Å²) < 4.78 is 64.0. The summed E-state index contributed by atoms with van der Waals surface area (Å²) in [7, 11) is 0. The molecule has 0 aliphatic carbocycles. The average Bonchev–Trinajstić information content (AvgIpc) is 3.00. The Morgan fingerprint density at radius 2 is 0.783 bits per heavy atom. The van der Waals surface area contributed by atoms with Crippen LogP contribution in [0.15, 0.2) is 0 Å². The highest BCUT2D eigenvalue weighted by Crippen LogP contribution is 2.61. The van der Waals surface area contributed by atoms with E-state index in [0.717, 1.165) is 0 Å². The molecule has 0 aromatic carbocycles. The van der Waals surface area contributed by atoms with Crippen molar-refractivity contribution in [2.24, 2.45) is 5.41 Å². The Kier molecular flexibility index (Phi) is 21.5. The molecule has 0 fully saturated rings. The molecule has 274 valence electrons. The second kappa shape index (κ2) is 22.2. The van der Waals surface area contributed by atoms with E-state index in [4.69, 9.17) is 47.4 Å². The van der Waals surface area contributed by atoms with Crippen LogP contribution in [0.1, 0.15) is 101 Å². The van der Waals surface area contributed by atoms with Gasteiger partial charge in [0.2, 0.25) is 0 Å². The smallest absolute Gasteiger partial charge is 0.342 e. The zero-order valence-corrected chi connectivity index (χ0v) is 29.9. The topological polar surface area (TPSA) is 167 Å². The summed E-state index contributed by atoms with van der Waals surface area (Å²) in [5, 5.41) is 21.6. The predicted molar refractivity (Wildman–Crippen MR) is 168 cm³/mol. The van der Waals surface area contributed by atoms with E-state index in [1.807, 2.05) is 13.8 Å². The van der Waals surface area contributed by atoms with Crippen molar-refractivity contribution < 1.29 is 67.2 Å². The lowest BCUT2D eigenvalue weighted by Gasteiger charge is -2.62. The second-order valence-electron chi connectivity index (χ2n) is 9.96. The van der Waals surface area contributed by atoms with Crippen molar-refractivity contribution >= 4 is 11.9 Å². The van der Waals surface area contributed by atoms with E-state index in [1.54, 1.807) is 55.4 Å². The van der Waals surface area contributed by atoms with Crippen LogP contribution in [0.4, 0.5) is 0 Å². The molecule has 0 bridgehead atoms. The van der Waals surface area contributed by atoms with Gasteiger partial charge in [-0.1, -0.05) is 13.8 Å². The minimum absolute atomic E-state index is 0.0267. The van der Waals surface area contributed by atoms with Crippen LogP contribution in [-0.4, -0.2) is 112 Å². The van der Waals surface area contributed by atoms with E-state index in [9.17, 15) is 19.8 Å². The van der Waals surface area contributed by atoms with Crippen molar-refractivity contribution in [3.63, 3.8) is 0 Å². The number of ether oxygens (including phenoxy) is 10.